The summed E-state index contributed by atoms with van der Waals surface area (Å²) in [4.78, 5) is 24.7. The predicted octanol–water partition coefficient (Wildman–Crippen LogP) is 1.21. The lowest BCUT2D eigenvalue weighted by Gasteiger charge is -2.28. The Labute approximate surface area is 90.9 Å². The van der Waals surface area contributed by atoms with Crippen LogP contribution in [0.25, 0.3) is 0 Å². The van der Waals surface area contributed by atoms with E-state index >= 15 is 0 Å². The number of aliphatic carboxylic acids is 1. The van der Waals surface area contributed by atoms with Crippen LogP contribution in [0.5, 0.6) is 0 Å². The van der Waals surface area contributed by atoms with E-state index in [4.69, 9.17) is 5.11 Å². The number of carboxylic acid groups (broad SMARTS) is 1. The highest BCUT2D eigenvalue weighted by molar-refractivity contribution is 8.01. The van der Waals surface area contributed by atoms with Crippen LogP contribution in [-0.4, -0.2) is 29.3 Å². The van der Waals surface area contributed by atoms with Crippen molar-refractivity contribution in [2.24, 2.45) is 0 Å². The number of carbonyl (C=O) groups is 2. The fourth-order valence-electron chi connectivity index (χ4n) is 1.46. The third-order valence-electron chi connectivity index (χ3n) is 2.25. The number of para-hydroxylation sites is 1. The van der Waals surface area contributed by atoms with Gasteiger partial charge in [-0.2, -0.15) is 0 Å². The van der Waals surface area contributed by atoms with E-state index in [2.05, 4.69) is 0 Å². The van der Waals surface area contributed by atoms with Gasteiger partial charge in [-0.25, -0.2) is 0 Å². The first kappa shape index (κ1) is 10.0. The summed E-state index contributed by atoms with van der Waals surface area (Å²) in [5.74, 6) is -1.47. The van der Waals surface area contributed by atoms with Crippen LogP contribution >= 0.6 is 11.8 Å². The monoisotopic (exact) mass is 223 g/mol. The van der Waals surface area contributed by atoms with Gasteiger partial charge >= 0.3 is 5.97 Å². The van der Waals surface area contributed by atoms with Crippen LogP contribution in [0.1, 0.15) is 0 Å². The van der Waals surface area contributed by atoms with E-state index in [0.717, 1.165) is 22.3 Å². The first-order valence-electron chi connectivity index (χ1n) is 4.37. The molecular formula is C10H9NO3S. The first-order valence-corrected chi connectivity index (χ1v) is 5.25. The number of carbonyl (C=O) groups excluding carboxylic acids is 1. The Bertz CT molecular complexity index is 432. The molecule has 1 aromatic rings. The highest BCUT2D eigenvalue weighted by Gasteiger charge is 2.36. The van der Waals surface area contributed by atoms with Gasteiger partial charge in [0.25, 0.3) is 5.91 Å². The predicted molar refractivity (Wildman–Crippen MR) is 57.1 cm³/mol. The van der Waals surface area contributed by atoms with Crippen LogP contribution in [0.2, 0.25) is 0 Å². The zero-order valence-electron chi connectivity index (χ0n) is 8.01. The topological polar surface area (TPSA) is 57.6 Å². The van der Waals surface area contributed by atoms with Crippen LogP contribution in [0.15, 0.2) is 29.2 Å². The summed E-state index contributed by atoms with van der Waals surface area (Å²) in [5.41, 5.74) is 0.769. The second-order valence-electron chi connectivity index (χ2n) is 3.20. The Morgan fingerprint density at radius 2 is 2.13 bits per heavy atom. The van der Waals surface area contributed by atoms with Crippen LogP contribution in [0.3, 0.4) is 0 Å². The molecule has 0 aliphatic carbocycles. The molecule has 1 atom stereocenters. The smallest absolute Gasteiger partial charge is 0.326 e. The number of rotatable bonds is 1. The van der Waals surface area contributed by atoms with Gasteiger partial charge in [0.15, 0.2) is 5.25 Å². The Balaban J connectivity index is 2.45. The second kappa shape index (κ2) is 3.58. The third-order valence-corrected chi connectivity index (χ3v) is 3.49. The lowest BCUT2D eigenvalue weighted by molar-refractivity contribution is -0.139. The molecule has 0 saturated heterocycles. The van der Waals surface area contributed by atoms with Crippen molar-refractivity contribution in [3.63, 3.8) is 0 Å². The summed E-state index contributed by atoms with van der Waals surface area (Å²) in [6, 6.07) is 7.27. The number of thioether (sulfide) groups is 1. The van der Waals surface area contributed by atoms with E-state index in [-0.39, 0.29) is 5.91 Å². The molecule has 1 unspecified atom stereocenters. The zero-order chi connectivity index (χ0) is 11.0. The van der Waals surface area contributed by atoms with Gasteiger partial charge in [0.05, 0.1) is 5.69 Å². The molecule has 0 spiro atoms. The fourth-order valence-corrected chi connectivity index (χ4v) is 2.56. The van der Waals surface area contributed by atoms with Gasteiger partial charge in [-0.1, -0.05) is 23.9 Å². The molecule has 78 valence electrons. The quantitative estimate of drug-likeness (QED) is 0.727. The molecule has 1 amide bonds. The molecule has 0 bridgehead atoms. The molecule has 5 heteroatoms. The SMILES string of the molecule is CN1C(=O)C(C(=O)O)Sc2ccccc21. The summed E-state index contributed by atoms with van der Waals surface area (Å²) < 4.78 is 0. The van der Waals surface area contributed by atoms with Gasteiger partial charge in [-0.15, -0.1) is 0 Å². The molecule has 1 aliphatic heterocycles. The maximum Gasteiger partial charge on any atom is 0.326 e. The van der Waals surface area contributed by atoms with Crippen LogP contribution in [0.4, 0.5) is 5.69 Å². The Morgan fingerprint density at radius 3 is 2.80 bits per heavy atom. The number of amides is 1. The van der Waals surface area contributed by atoms with Gasteiger partial charge in [-0.05, 0) is 12.1 Å². The molecular weight excluding hydrogens is 214 g/mol. The van der Waals surface area contributed by atoms with Gasteiger partial charge in [0, 0.05) is 11.9 Å². The van der Waals surface area contributed by atoms with E-state index in [9.17, 15) is 9.59 Å². The average molecular weight is 223 g/mol. The highest BCUT2D eigenvalue weighted by Crippen LogP contribution is 2.38. The summed E-state index contributed by atoms with van der Waals surface area (Å²) >= 11 is 1.09. The summed E-state index contributed by atoms with van der Waals surface area (Å²) in [5, 5.41) is 7.86. The van der Waals surface area contributed by atoms with Crippen LogP contribution in [0, 0.1) is 0 Å². The summed E-state index contributed by atoms with van der Waals surface area (Å²) in [6.45, 7) is 0. The number of fused-ring (bicyclic) bond motifs is 1. The van der Waals surface area contributed by atoms with Crippen molar-refractivity contribution < 1.29 is 14.7 Å². The van der Waals surface area contributed by atoms with Gasteiger partial charge in [-0.3, -0.25) is 9.59 Å². The lowest BCUT2D eigenvalue weighted by Crippen LogP contribution is -2.42. The fraction of sp³-hybridized carbons (Fsp3) is 0.200. The van der Waals surface area contributed by atoms with Gasteiger partial charge < -0.3 is 10.0 Å². The van der Waals surface area contributed by atoms with E-state index in [1.807, 2.05) is 18.2 Å². The van der Waals surface area contributed by atoms with Crippen LogP contribution in [-0.2, 0) is 9.59 Å². The third kappa shape index (κ3) is 1.59. The van der Waals surface area contributed by atoms with E-state index in [1.165, 1.54) is 4.90 Å². The van der Waals surface area contributed by atoms with Crippen molar-refractivity contribution in [2.45, 2.75) is 10.1 Å². The Kier molecular flexibility index (Phi) is 2.40. The molecule has 1 N–H and O–H groups in total. The van der Waals surface area contributed by atoms with Crippen molar-refractivity contribution in [3.05, 3.63) is 24.3 Å². The minimum Gasteiger partial charge on any atom is -0.480 e. The maximum absolute atomic E-state index is 11.7. The molecule has 2 rings (SSSR count). The molecule has 0 radical (unpaired) electrons. The zero-order valence-corrected chi connectivity index (χ0v) is 8.82. The Hall–Kier alpha value is -1.49. The summed E-state index contributed by atoms with van der Waals surface area (Å²) in [6.07, 6.45) is 0. The molecule has 0 fully saturated rings. The average Bonchev–Trinajstić information content (AvgIpc) is 2.23. The van der Waals surface area contributed by atoms with Gasteiger partial charge in [0.2, 0.25) is 0 Å². The molecule has 1 heterocycles. The van der Waals surface area contributed by atoms with E-state index < -0.39 is 11.2 Å². The van der Waals surface area contributed by atoms with E-state index in [0.29, 0.717) is 0 Å². The molecule has 4 nitrogen and oxygen atoms in total. The number of hydrogen-bond donors (Lipinski definition) is 1. The normalized spacial score (nSPS) is 19.9. The minimum absolute atomic E-state index is 0.383. The van der Waals surface area contributed by atoms with E-state index in [1.54, 1.807) is 13.1 Å². The number of carboxylic acids is 1. The molecule has 15 heavy (non-hydrogen) atoms. The molecule has 1 aliphatic rings. The highest BCUT2D eigenvalue weighted by atomic mass is 32.2. The molecule has 0 aromatic heterocycles. The summed E-state index contributed by atoms with van der Waals surface area (Å²) in [7, 11) is 1.59. The largest absolute Gasteiger partial charge is 0.480 e. The Morgan fingerprint density at radius 1 is 1.47 bits per heavy atom. The number of hydrogen-bond acceptors (Lipinski definition) is 3. The second-order valence-corrected chi connectivity index (χ2v) is 4.35. The molecule has 1 aromatic carbocycles. The lowest BCUT2D eigenvalue weighted by atomic mass is 10.2. The van der Waals surface area contributed by atoms with Crippen molar-refractivity contribution in [1.82, 2.24) is 0 Å². The van der Waals surface area contributed by atoms with Crippen molar-refractivity contribution in [1.29, 1.82) is 0 Å². The van der Waals surface area contributed by atoms with Crippen molar-refractivity contribution in [2.75, 3.05) is 11.9 Å². The first-order chi connectivity index (χ1) is 7.11. The maximum atomic E-state index is 11.7. The number of benzene rings is 1. The van der Waals surface area contributed by atoms with Crippen LogP contribution < -0.4 is 4.90 Å². The standard InChI is InChI=1S/C10H9NO3S/c1-11-6-4-2-3-5-7(6)15-8(9(11)12)10(13)14/h2-5,8H,1H3,(H,13,14). The van der Waals surface area contributed by atoms with Crippen molar-refractivity contribution in [3.8, 4) is 0 Å². The minimum atomic E-state index is -1.09. The van der Waals surface area contributed by atoms with Crippen molar-refractivity contribution >= 4 is 29.3 Å². The molecule has 0 saturated carbocycles. The number of anilines is 1. The number of nitrogens with zero attached hydrogens (tertiary/aromatic N) is 1. The van der Waals surface area contributed by atoms with Gasteiger partial charge in [0.1, 0.15) is 0 Å².